The van der Waals surface area contributed by atoms with E-state index >= 15 is 0 Å². The van der Waals surface area contributed by atoms with Crippen LogP contribution in [0.2, 0.25) is 0 Å². The highest BCUT2D eigenvalue weighted by Crippen LogP contribution is 2.28. The summed E-state index contributed by atoms with van der Waals surface area (Å²) >= 11 is 0. The summed E-state index contributed by atoms with van der Waals surface area (Å²) < 4.78 is 21.4. The highest BCUT2D eigenvalue weighted by Gasteiger charge is 2.13. The zero-order valence-corrected chi connectivity index (χ0v) is 21.1. The minimum absolute atomic E-state index is 0.246. The molecule has 0 aliphatic carbocycles. The van der Waals surface area contributed by atoms with Gasteiger partial charge in [0.25, 0.3) is 5.91 Å². The van der Waals surface area contributed by atoms with E-state index in [9.17, 15) is 14.4 Å². The fourth-order valence-electron chi connectivity index (χ4n) is 3.11. The summed E-state index contributed by atoms with van der Waals surface area (Å²) in [5.41, 5.74) is 3.75. The van der Waals surface area contributed by atoms with Crippen LogP contribution in [0.1, 0.15) is 12.5 Å². The van der Waals surface area contributed by atoms with Gasteiger partial charge >= 0.3 is 11.8 Å². The molecular weight excluding hydrogens is 492 g/mol. The van der Waals surface area contributed by atoms with Gasteiger partial charge in [-0.25, -0.2) is 5.43 Å². The Labute approximate surface area is 219 Å². The van der Waals surface area contributed by atoms with E-state index in [0.717, 1.165) is 0 Å². The van der Waals surface area contributed by atoms with Crippen molar-refractivity contribution in [1.82, 2.24) is 5.43 Å². The van der Waals surface area contributed by atoms with Crippen LogP contribution < -0.4 is 35.0 Å². The molecule has 0 spiro atoms. The zero-order valence-electron chi connectivity index (χ0n) is 21.1. The molecule has 38 heavy (non-hydrogen) atoms. The Morgan fingerprint density at radius 1 is 0.789 bits per heavy atom. The molecule has 0 aliphatic heterocycles. The van der Waals surface area contributed by atoms with E-state index < -0.39 is 11.8 Å². The summed E-state index contributed by atoms with van der Waals surface area (Å²) in [6.07, 6.45) is 1.35. The van der Waals surface area contributed by atoms with Crippen LogP contribution in [0.4, 0.5) is 11.4 Å². The maximum absolute atomic E-state index is 12.3. The number of hydrogen-bond acceptors (Lipinski definition) is 8. The van der Waals surface area contributed by atoms with Crippen molar-refractivity contribution in [2.24, 2.45) is 5.10 Å². The van der Waals surface area contributed by atoms with Crippen molar-refractivity contribution in [3.63, 3.8) is 0 Å². The maximum atomic E-state index is 12.3. The van der Waals surface area contributed by atoms with Crippen LogP contribution in [0.15, 0.2) is 71.8 Å². The zero-order chi connectivity index (χ0) is 27.3. The van der Waals surface area contributed by atoms with Crippen molar-refractivity contribution in [1.29, 1.82) is 0 Å². The van der Waals surface area contributed by atoms with Gasteiger partial charge in [0.15, 0.2) is 18.1 Å². The number of rotatable bonds is 11. The average Bonchev–Trinajstić information content (AvgIpc) is 2.93. The topological polar surface area (TPSA) is 137 Å². The Morgan fingerprint density at radius 2 is 1.55 bits per heavy atom. The van der Waals surface area contributed by atoms with Gasteiger partial charge in [-0.2, -0.15) is 5.10 Å². The monoisotopic (exact) mass is 520 g/mol. The van der Waals surface area contributed by atoms with Gasteiger partial charge in [-0.15, -0.1) is 0 Å². The Bertz CT molecular complexity index is 1290. The summed E-state index contributed by atoms with van der Waals surface area (Å²) in [7, 11) is 3.07. The molecular formula is C27H28N4O7. The summed E-state index contributed by atoms with van der Waals surface area (Å²) in [5.74, 6) is -0.198. The predicted molar refractivity (Wildman–Crippen MR) is 142 cm³/mol. The van der Waals surface area contributed by atoms with Crippen molar-refractivity contribution in [3.05, 3.63) is 72.3 Å². The lowest BCUT2D eigenvalue weighted by atomic mass is 10.2. The summed E-state index contributed by atoms with van der Waals surface area (Å²) in [4.78, 5) is 36.4. The molecule has 3 aromatic rings. The van der Waals surface area contributed by atoms with Gasteiger partial charge in [-0.3, -0.25) is 14.4 Å². The second kappa shape index (κ2) is 13.9. The molecule has 0 atom stereocenters. The van der Waals surface area contributed by atoms with Crippen molar-refractivity contribution < 1.29 is 33.3 Å². The molecule has 3 N–H and O–H groups in total. The van der Waals surface area contributed by atoms with Crippen LogP contribution >= 0.6 is 0 Å². The molecule has 3 aromatic carbocycles. The number of carbonyl (C=O) groups is 3. The summed E-state index contributed by atoms with van der Waals surface area (Å²) in [5, 5.41) is 9.02. The second-order valence-electron chi connectivity index (χ2n) is 7.59. The first-order chi connectivity index (χ1) is 18.4. The molecule has 11 heteroatoms. The minimum atomic E-state index is -0.941. The van der Waals surface area contributed by atoms with E-state index in [1.807, 2.05) is 6.92 Å². The molecule has 0 aromatic heterocycles. The molecule has 0 heterocycles. The van der Waals surface area contributed by atoms with E-state index in [2.05, 4.69) is 21.2 Å². The number of hydrogen-bond donors (Lipinski definition) is 3. The van der Waals surface area contributed by atoms with E-state index in [1.165, 1.54) is 13.3 Å². The molecule has 0 fully saturated rings. The van der Waals surface area contributed by atoms with Crippen molar-refractivity contribution >= 4 is 35.3 Å². The van der Waals surface area contributed by atoms with Crippen LogP contribution in [0.5, 0.6) is 23.0 Å². The number of ether oxygens (including phenoxy) is 4. The van der Waals surface area contributed by atoms with E-state index in [0.29, 0.717) is 46.5 Å². The largest absolute Gasteiger partial charge is 0.497 e. The lowest BCUT2D eigenvalue weighted by molar-refractivity contribution is -0.136. The Kier molecular flexibility index (Phi) is 10.1. The van der Waals surface area contributed by atoms with Crippen molar-refractivity contribution in [3.8, 4) is 23.0 Å². The third kappa shape index (κ3) is 8.26. The summed E-state index contributed by atoms with van der Waals surface area (Å²) in [6.45, 7) is 1.92. The molecule has 0 bridgehead atoms. The smallest absolute Gasteiger partial charge is 0.329 e. The number of methoxy groups -OCH3 is 2. The van der Waals surface area contributed by atoms with E-state index in [1.54, 1.807) is 73.8 Å². The molecule has 0 radical (unpaired) electrons. The molecule has 0 saturated heterocycles. The molecule has 0 aliphatic rings. The third-order valence-corrected chi connectivity index (χ3v) is 4.91. The second-order valence-corrected chi connectivity index (χ2v) is 7.59. The number of benzene rings is 3. The SMILES string of the molecule is CCOc1cc(/C=N\NC(=O)C(=O)Nc2ccc(OC)cc2)ccc1OCC(=O)Nc1cccc(OC)c1. The molecule has 11 nitrogen and oxygen atoms in total. The van der Waals surface area contributed by atoms with Crippen LogP contribution in [-0.2, 0) is 14.4 Å². The lowest BCUT2D eigenvalue weighted by Gasteiger charge is -2.13. The highest BCUT2D eigenvalue weighted by molar-refractivity contribution is 6.39. The fraction of sp³-hybridized carbons (Fsp3) is 0.185. The third-order valence-electron chi connectivity index (χ3n) is 4.91. The number of amides is 3. The van der Waals surface area contributed by atoms with Gasteiger partial charge in [0.1, 0.15) is 11.5 Å². The van der Waals surface area contributed by atoms with E-state index in [4.69, 9.17) is 18.9 Å². The standard InChI is InChI=1S/C27H28N4O7/c1-4-37-24-14-18(16-28-31-27(34)26(33)30-19-9-11-21(35-2)12-10-19)8-13-23(24)38-17-25(32)29-20-6-5-7-22(15-20)36-3/h5-16H,4,17H2,1-3H3,(H,29,32)(H,30,33)(H,31,34)/b28-16-. The van der Waals surface area contributed by atoms with Crippen LogP contribution in [-0.4, -0.2) is 51.4 Å². The molecule has 0 saturated carbocycles. The Morgan fingerprint density at radius 3 is 2.26 bits per heavy atom. The van der Waals surface area contributed by atoms with E-state index in [-0.39, 0.29) is 12.5 Å². The van der Waals surface area contributed by atoms with Crippen LogP contribution in [0.25, 0.3) is 0 Å². The van der Waals surface area contributed by atoms with Gasteiger partial charge in [-0.1, -0.05) is 6.07 Å². The Balaban J connectivity index is 1.54. The number of hydrazone groups is 1. The number of nitrogens with zero attached hydrogens (tertiary/aromatic N) is 1. The normalized spacial score (nSPS) is 10.4. The van der Waals surface area contributed by atoms with Crippen molar-refractivity contribution in [2.75, 3.05) is 38.1 Å². The first kappa shape index (κ1) is 27.5. The first-order valence-corrected chi connectivity index (χ1v) is 11.5. The molecule has 0 unspecified atom stereocenters. The number of nitrogens with one attached hydrogen (secondary N) is 3. The average molecular weight is 521 g/mol. The number of anilines is 2. The van der Waals surface area contributed by atoms with Gasteiger partial charge in [-0.05, 0) is 67.1 Å². The number of carbonyl (C=O) groups excluding carboxylic acids is 3. The molecule has 198 valence electrons. The van der Waals surface area contributed by atoms with Gasteiger partial charge in [0.05, 0.1) is 27.0 Å². The van der Waals surface area contributed by atoms with Gasteiger partial charge < -0.3 is 29.6 Å². The lowest BCUT2D eigenvalue weighted by Crippen LogP contribution is -2.32. The first-order valence-electron chi connectivity index (χ1n) is 11.5. The van der Waals surface area contributed by atoms with Crippen molar-refractivity contribution in [2.45, 2.75) is 6.92 Å². The van der Waals surface area contributed by atoms with Crippen LogP contribution in [0.3, 0.4) is 0 Å². The van der Waals surface area contributed by atoms with Crippen LogP contribution in [0, 0.1) is 0 Å². The predicted octanol–water partition coefficient (Wildman–Crippen LogP) is 3.21. The summed E-state index contributed by atoms with van der Waals surface area (Å²) in [6, 6.07) is 18.4. The molecule has 3 rings (SSSR count). The fourth-order valence-corrected chi connectivity index (χ4v) is 3.11. The van der Waals surface area contributed by atoms with Gasteiger partial charge in [0.2, 0.25) is 0 Å². The Hall–Kier alpha value is -5.06. The maximum Gasteiger partial charge on any atom is 0.329 e. The minimum Gasteiger partial charge on any atom is -0.497 e. The highest BCUT2D eigenvalue weighted by atomic mass is 16.5. The molecule has 3 amide bonds. The quantitative estimate of drug-likeness (QED) is 0.201. The van der Waals surface area contributed by atoms with Gasteiger partial charge in [0, 0.05) is 17.4 Å².